The van der Waals surface area contributed by atoms with E-state index in [4.69, 9.17) is 9.15 Å². The summed E-state index contributed by atoms with van der Waals surface area (Å²) >= 11 is 0. The van der Waals surface area contributed by atoms with Crippen LogP contribution >= 0.6 is 0 Å². The van der Waals surface area contributed by atoms with Crippen LogP contribution in [0.3, 0.4) is 0 Å². The van der Waals surface area contributed by atoms with Gasteiger partial charge in [0.05, 0.1) is 13.7 Å². The van der Waals surface area contributed by atoms with E-state index in [2.05, 4.69) is 25.2 Å². The van der Waals surface area contributed by atoms with Gasteiger partial charge in [-0.1, -0.05) is 32.0 Å². The molecule has 1 N–H and O–H groups in total. The second-order valence-electron chi connectivity index (χ2n) is 5.27. The van der Waals surface area contributed by atoms with Gasteiger partial charge in [0, 0.05) is 5.69 Å². The van der Waals surface area contributed by atoms with Crippen molar-refractivity contribution in [3.63, 3.8) is 0 Å². The molecule has 0 amide bonds. The van der Waals surface area contributed by atoms with Crippen LogP contribution in [0.25, 0.3) is 0 Å². The van der Waals surface area contributed by atoms with Crippen LogP contribution in [0.2, 0.25) is 0 Å². The van der Waals surface area contributed by atoms with Crippen molar-refractivity contribution in [3.05, 3.63) is 53.0 Å². The molecule has 21 heavy (non-hydrogen) atoms. The van der Waals surface area contributed by atoms with Crippen LogP contribution in [-0.2, 0) is 11.3 Å². The molecule has 1 aromatic carbocycles. The first-order chi connectivity index (χ1) is 10.0. The minimum absolute atomic E-state index is 0.370. The maximum absolute atomic E-state index is 11.6. The number of hydrogen-bond acceptors (Lipinski definition) is 4. The fraction of sp³-hybridized carbons (Fsp3) is 0.353. The zero-order chi connectivity index (χ0) is 15.4. The molecule has 0 saturated carbocycles. The fourth-order valence-corrected chi connectivity index (χ4v) is 2.29. The molecule has 2 aromatic rings. The largest absolute Gasteiger partial charge is 0.465 e. The van der Waals surface area contributed by atoms with Crippen LogP contribution in [0.5, 0.6) is 0 Å². The Bertz CT molecular complexity index is 629. The average Bonchev–Trinajstić information content (AvgIpc) is 2.85. The van der Waals surface area contributed by atoms with Gasteiger partial charge >= 0.3 is 5.97 Å². The maximum Gasteiger partial charge on any atom is 0.341 e. The number of hydrogen-bond donors (Lipinski definition) is 1. The van der Waals surface area contributed by atoms with Crippen LogP contribution in [-0.4, -0.2) is 13.1 Å². The van der Waals surface area contributed by atoms with Gasteiger partial charge in [0.25, 0.3) is 0 Å². The molecule has 0 radical (unpaired) electrons. The maximum atomic E-state index is 11.6. The SMILES string of the molecule is COC(=O)c1cc(CNc2ccccc2C(C)C)oc1C. The average molecular weight is 287 g/mol. The molecule has 0 spiro atoms. The van der Waals surface area contributed by atoms with Crippen LogP contribution in [0, 0.1) is 6.92 Å². The summed E-state index contributed by atoms with van der Waals surface area (Å²) in [5, 5.41) is 3.36. The monoisotopic (exact) mass is 287 g/mol. The first-order valence-electron chi connectivity index (χ1n) is 7.03. The lowest BCUT2D eigenvalue weighted by atomic mass is 10.0. The zero-order valence-corrected chi connectivity index (χ0v) is 12.9. The third-order valence-corrected chi connectivity index (χ3v) is 3.41. The predicted octanol–water partition coefficient (Wildman–Crippen LogP) is 4.11. The molecule has 1 aromatic heterocycles. The van der Waals surface area contributed by atoms with Gasteiger partial charge < -0.3 is 14.5 Å². The number of anilines is 1. The van der Waals surface area contributed by atoms with E-state index in [0.29, 0.717) is 29.5 Å². The third kappa shape index (κ3) is 3.45. The Kier molecular flexibility index (Phi) is 4.68. The van der Waals surface area contributed by atoms with Crippen LogP contribution < -0.4 is 5.32 Å². The van der Waals surface area contributed by atoms with E-state index in [9.17, 15) is 4.79 Å². The lowest BCUT2D eigenvalue weighted by Gasteiger charge is -2.13. The molecule has 0 aliphatic rings. The number of carbonyl (C=O) groups excluding carboxylic acids is 1. The topological polar surface area (TPSA) is 51.5 Å². The first-order valence-corrected chi connectivity index (χ1v) is 7.03. The summed E-state index contributed by atoms with van der Waals surface area (Å²) < 4.78 is 10.3. The molecule has 2 rings (SSSR count). The zero-order valence-electron chi connectivity index (χ0n) is 12.9. The van der Waals surface area contributed by atoms with Crippen molar-refractivity contribution in [2.45, 2.75) is 33.2 Å². The first kappa shape index (κ1) is 15.2. The smallest absolute Gasteiger partial charge is 0.341 e. The van der Waals surface area contributed by atoms with Gasteiger partial charge in [-0.25, -0.2) is 4.79 Å². The van der Waals surface area contributed by atoms with Crippen LogP contribution in [0.1, 0.15) is 47.2 Å². The minimum Gasteiger partial charge on any atom is -0.465 e. The number of para-hydroxylation sites is 1. The van der Waals surface area contributed by atoms with Crippen molar-refractivity contribution in [1.82, 2.24) is 0 Å². The van der Waals surface area contributed by atoms with E-state index in [-0.39, 0.29) is 5.97 Å². The van der Waals surface area contributed by atoms with Crippen molar-refractivity contribution in [2.75, 3.05) is 12.4 Å². The van der Waals surface area contributed by atoms with Crippen molar-refractivity contribution < 1.29 is 13.9 Å². The van der Waals surface area contributed by atoms with Gasteiger partial charge in [0.1, 0.15) is 17.1 Å². The number of aryl methyl sites for hydroxylation is 1. The highest BCUT2D eigenvalue weighted by Crippen LogP contribution is 2.24. The summed E-state index contributed by atoms with van der Waals surface area (Å²) in [4.78, 5) is 11.6. The van der Waals surface area contributed by atoms with Crippen LogP contribution in [0.15, 0.2) is 34.7 Å². The molecule has 4 nitrogen and oxygen atoms in total. The number of furan rings is 1. The van der Waals surface area contributed by atoms with E-state index < -0.39 is 0 Å². The molecule has 0 bridgehead atoms. The number of methoxy groups -OCH3 is 1. The Balaban J connectivity index is 2.12. The number of rotatable bonds is 5. The molecule has 0 atom stereocenters. The highest BCUT2D eigenvalue weighted by molar-refractivity contribution is 5.90. The van der Waals surface area contributed by atoms with E-state index in [1.54, 1.807) is 13.0 Å². The Morgan fingerprint density at radius 1 is 1.33 bits per heavy atom. The molecule has 0 aliphatic heterocycles. The second kappa shape index (κ2) is 6.48. The molecule has 0 aliphatic carbocycles. The normalized spacial score (nSPS) is 10.7. The van der Waals surface area contributed by atoms with Gasteiger partial charge in [-0.15, -0.1) is 0 Å². The summed E-state index contributed by atoms with van der Waals surface area (Å²) in [5.74, 6) is 1.37. The van der Waals surface area contributed by atoms with E-state index in [1.807, 2.05) is 18.2 Å². The number of esters is 1. The molecule has 112 valence electrons. The van der Waals surface area contributed by atoms with Gasteiger partial charge in [-0.2, -0.15) is 0 Å². The van der Waals surface area contributed by atoms with E-state index in [0.717, 1.165) is 5.69 Å². The van der Waals surface area contributed by atoms with Gasteiger partial charge in [0.2, 0.25) is 0 Å². The third-order valence-electron chi connectivity index (χ3n) is 3.41. The lowest BCUT2D eigenvalue weighted by molar-refractivity contribution is 0.0599. The van der Waals surface area contributed by atoms with Crippen molar-refractivity contribution in [1.29, 1.82) is 0 Å². The Morgan fingerprint density at radius 3 is 2.71 bits per heavy atom. The van der Waals surface area contributed by atoms with Gasteiger partial charge in [-0.3, -0.25) is 0 Å². The van der Waals surface area contributed by atoms with E-state index in [1.165, 1.54) is 12.7 Å². The molecule has 4 heteroatoms. The quantitative estimate of drug-likeness (QED) is 0.841. The molecule has 0 unspecified atom stereocenters. The van der Waals surface area contributed by atoms with Crippen LogP contribution in [0.4, 0.5) is 5.69 Å². The minimum atomic E-state index is -0.370. The van der Waals surface area contributed by atoms with Gasteiger partial charge in [0.15, 0.2) is 0 Å². The highest BCUT2D eigenvalue weighted by atomic mass is 16.5. The highest BCUT2D eigenvalue weighted by Gasteiger charge is 2.15. The second-order valence-corrected chi connectivity index (χ2v) is 5.27. The summed E-state index contributed by atoms with van der Waals surface area (Å²) in [6.45, 7) is 6.61. The molecular formula is C17H21NO3. The van der Waals surface area contributed by atoms with E-state index >= 15 is 0 Å². The summed E-state index contributed by atoms with van der Waals surface area (Å²) in [5.41, 5.74) is 2.82. The molecule has 0 fully saturated rings. The number of nitrogens with one attached hydrogen (secondary N) is 1. The Labute approximate surface area is 125 Å². The summed E-state index contributed by atoms with van der Waals surface area (Å²) in [6.07, 6.45) is 0. The Hall–Kier alpha value is -2.23. The predicted molar refractivity (Wildman–Crippen MR) is 82.6 cm³/mol. The standard InChI is InChI=1S/C17H21NO3/c1-11(2)14-7-5-6-8-16(14)18-10-13-9-15(12(3)21-13)17(19)20-4/h5-9,11,18H,10H2,1-4H3. The number of ether oxygens (including phenoxy) is 1. The molecular weight excluding hydrogens is 266 g/mol. The Morgan fingerprint density at radius 2 is 2.05 bits per heavy atom. The summed E-state index contributed by atoms with van der Waals surface area (Å²) in [7, 11) is 1.37. The number of benzene rings is 1. The van der Waals surface area contributed by atoms with Crippen molar-refractivity contribution >= 4 is 11.7 Å². The fourth-order valence-electron chi connectivity index (χ4n) is 2.29. The number of carbonyl (C=O) groups is 1. The molecule has 1 heterocycles. The molecule has 0 saturated heterocycles. The van der Waals surface area contributed by atoms with Gasteiger partial charge in [-0.05, 0) is 30.5 Å². The lowest BCUT2D eigenvalue weighted by Crippen LogP contribution is -2.03. The van der Waals surface area contributed by atoms with Crippen molar-refractivity contribution in [3.8, 4) is 0 Å². The van der Waals surface area contributed by atoms with Crippen molar-refractivity contribution in [2.24, 2.45) is 0 Å². The summed E-state index contributed by atoms with van der Waals surface area (Å²) in [6, 6.07) is 9.92.